The molecule has 0 fully saturated rings. The number of nitriles is 1. The summed E-state index contributed by atoms with van der Waals surface area (Å²) in [5, 5.41) is 17.2. The van der Waals surface area contributed by atoms with Crippen molar-refractivity contribution >= 4 is 0 Å². The number of hydrogen-bond donors (Lipinski definition) is 1. The van der Waals surface area contributed by atoms with Crippen molar-refractivity contribution in [3.05, 3.63) is 18.2 Å². The van der Waals surface area contributed by atoms with E-state index in [1.54, 1.807) is 17.1 Å². The van der Waals surface area contributed by atoms with Gasteiger partial charge in [0.2, 0.25) is 0 Å². The summed E-state index contributed by atoms with van der Waals surface area (Å²) in [5.74, 6) is 0. The summed E-state index contributed by atoms with van der Waals surface area (Å²) in [6.07, 6.45) is 3.15. The Morgan fingerprint density at radius 1 is 1.69 bits per heavy atom. The molecule has 1 aromatic rings. The van der Waals surface area contributed by atoms with E-state index in [4.69, 9.17) is 10.4 Å². The SMILES string of the molecule is CC.C[C@H](CO)n1cnc(C#N)c1. The highest BCUT2D eigenvalue weighted by Crippen LogP contribution is 2.04. The Bertz CT molecular complexity index is 275. The Balaban J connectivity index is 0.000000671. The molecular weight excluding hydrogens is 166 g/mol. The lowest BCUT2D eigenvalue weighted by atomic mass is 10.4. The van der Waals surface area contributed by atoms with Crippen molar-refractivity contribution < 1.29 is 5.11 Å². The molecule has 1 atom stereocenters. The van der Waals surface area contributed by atoms with Gasteiger partial charge in [-0.2, -0.15) is 5.26 Å². The molecule has 4 heteroatoms. The topological polar surface area (TPSA) is 61.8 Å². The van der Waals surface area contributed by atoms with Gasteiger partial charge in [-0.1, -0.05) is 13.8 Å². The molecule has 72 valence electrons. The number of aliphatic hydroxyl groups excluding tert-OH is 1. The summed E-state index contributed by atoms with van der Waals surface area (Å²) in [5.41, 5.74) is 0.380. The molecule has 1 N–H and O–H groups in total. The lowest BCUT2D eigenvalue weighted by Crippen LogP contribution is -2.06. The second-order valence-electron chi connectivity index (χ2n) is 2.35. The normalized spacial score (nSPS) is 11.0. The fourth-order valence-corrected chi connectivity index (χ4v) is 0.730. The predicted octanol–water partition coefficient (Wildman–Crippen LogP) is 1.33. The molecule has 0 saturated heterocycles. The van der Waals surface area contributed by atoms with Crippen molar-refractivity contribution in [1.29, 1.82) is 5.26 Å². The highest BCUT2D eigenvalue weighted by molar-refractivity contribution is 5.15. The quantitative estimate of drug-likeness (QED) is 0.748. The van der Waals surface area contributed by atoms with Crippen LogP contribution in [-0.4, -0.2) is 21.3 Å². The van der Waals surface area contributed by atoms with Crippen molar-refractivity contribution in [3.63, 3.8) is 0 Å². The van der Waals surface area contributed by atoms with Crippen molar-refractivity contribution in [1.82, 2.24) is 9.55 Å². The number of imidazole rings is 1. The second-order valence-corrected chi connectivity index (χ2v) is 2.35. The van der Waals surface area contributed by atoms with Crippen LogP contribution in [-0.2, 0) is 0 Å². The van der Waals surface area contributed by atoms with Gasteiger partial charge in [-0.05, 0) is 6.92 Å². The van der Waals surface area contributed by atoms with Crippen LogP contribution in [0.2, 0.25) is 0 Å². The highest BCUT2D eigenvalue weighted by atomic mass is 16.3. The fourth-order valence-electron chi connectivity index (χ4n) is 0.730. The number of nitrogens with zero attached hydrogens (tertiary/aromatic N) is 3. The van der Waals surface area contributed by atoms with Crippen molar-refractivity contribution in [2.75, 3.05) is 6.61 Å². The molecule has 0 saturated carbocycles. The van der Waals surface area contributed by atoms with Crippen molar-refractivity contribution in [3.8, 4) is 6.07 Å². The molecule has 1 rings (SSSR count). The van der Waals surface area contributed by atoms with Gasteiger partial charge in [0.1, 0.15) is 6.07 Å². The van der Waals surface area contributed by atoms with E-state index in [9.17, 15) is 0 Å². The maximum Gasteiger partial charge on any atom is 0.158 e. The van der Waals surface area contributed by atoms with Gasteiger partial charge in [0.25, 0.3) is 0 Å². The molecule has 0 aromatic carbocycles. The van der Waals surface area contributed by atoms with Crippen LogP contribution in [0.25, 0.3) is 0 Å². The van der Waals surface area contributed by atoms with Crippen LogP contribution < -0.4 is 0 Å². The summed E-state index contributed by atoms with van der Waals surface area (Å²) in [7, 11) is 0. The van der Waals surface area contributed by atoms with Crippen LogP contribution in [0, 0.1) is 11.3 Å². The first-order valence-electron chi connectivity index (χ1n) is 4.32. The molecule has 0 spiro atoms. The first-order chi connectivity index (χ1) is 6.27. The Labute approximate surface area is 78.5 Å². The van der Waals surface area contributed by atoms with Crippen LogP contribution in [0.3, 0.4) is 0 Å². The summed E-state index contributed by atoms with van der Waals surface area (Å²) >= 11 is 0. The Kier molecular flexibility index (Phi) is 5.57. The van der Waals surface area contributed by atoms with Crippen molar-refractivity contribution in [2.24, 2.45) is 0 Å². The monoisotopic (exact) mass is 181 g/mol. The molecular formula is C9H15N3O. The standard InChI is InChI=1S/C7H9N3O.C2H6/c1-6(4-11)10-3-7(2-8)9-5-10;1-2/h3,5-6,11H,4H2,1H3;1-2H3/t6-;/m1./s1. The van der Waals surface area contributed by atoms with Gasteiger partial charge in [0.15, 0.2) is 5.69 Å². The smallest absolute Gasteiger partial charge is 0.158 e. The third-order valence-electron chi connectivity index (χ3n) is 1.49. The van der Waals surface area contributed by atoms with Gasteiger partial charge >= 0.3 is 0 Å². The van der Waals surface area contributed by atoms with E-state index >= 15 is 0 Å². The van der Waals surface area contributed by atoms with E-state index in [1.165, 1.54) is 0 Å². The van der Waals surface area contributed by atoms with E-state index in [1.807, 2.05) is 26.8 Å². The van der Waals surface area contributed by atoms with E-state index in [0.717, 1.165) is 0 Å². The third-order valence-corrected chi connectivity index (χ3v) is 1.49. The summed E-state index contributed by atoms with van der Waals surface area (Å²) < 4.78 is 1.71. The molecule has 1 heterocycles. The molecule has 0 unspecified atom stereocenters. The molecule has 4 nitrogen and oxygen atoms in total. The van der Waals surface area contributed by atoms with Crippen molar-refractivity contribution in [2.45, 2.75) is 26.8 Å². The first-order valence-corrected chi connectivity index (χ1v) is 4.32. The minimum absolute atomic E-state index is 0.00963. The average Bonchev–Trinajstić information content (AvgIpc) is 2.68. The Morgan fingerprint density at radius 2 is 2.31 bits per heavy atom. The maximum absolute atomic E-state index is 8.74. The molecule has 0 amide bonds. The molecule has 1 aromatic heterocycles. The number of rotatable bonds is 2. The zero-order chi connectivity index (χ0) is 10.3. The molecule has 0 aliphatic carbocycles. The third kappa shape index (κ3) is 3.26. The van der Waals surface area contributed by atoms with E-state index in [2.05, 4.69) is 4.98 Å². The summed E-state index contributed by atoms with van der Waals surface area (Å²) in [4.78, 5) is 3.79. The van der Waals surface area contributed by atoms with Gasteiger partial charge in [-0.3, -0.25) is 0 Å². The van der Waals surface area contributed by atoms with Crippen LogP contribution in [0.4, 0.5) is 0 Å². The van der Waals surface area contributed by atoms with Crippen LogP contribution in [0.5, 0.6) is 0 Å². The van der Waals surface area contributed by atoms with Crippen LogP contribution >= 0.6 is 0 Å². The fraction of sp³-hybridized carbons (Fsp3) is 0.556. The van der Waals surface area contributed by atoms with Gasteiger partial charge in [0.05, 0.1) is 19.0 Å². The number of aromatic nitrogens is 2. The molecule has 0 bridgehead atoms. The number of hydrogen-bond acceptors (Lipinski definition) is 3. The average molecular weight is 181 g/mol. The first kappa shape index (κ1) is 11.7. The van der Waals surface area contributed by atoms with E-state index in [0.29, 0.717) is 5.69 Å². The molecule has 13 heavy (non-hydrogen) atoms. The number of aliphatic hydroxyl groups is 1. The minimum atomic E-state index is -0.00963. The predicted molar refractivity (Wildman–Crippen MR) is 50.1 cm³/mol. The zero-order valence-corrected chi connectivity index (χ0v) is 8.23. The largest absolute Gasteiger partial charge is 0.394 e. The lowest BCUT2D eigenvalue weighted by molar-refractivity contribution is 0.238. The van der Waals surface area contributed by atoms with Gasteiger partial charge in [-0.15, -0.1) is 0 Å². The second kappa shape index (κ2) is 6.21. The Morgan fingerprint density at radius 3 is 2.69 bits per heavy atom. The van der Waals surface area contributed by atoms with Gasteiger partial charge in [-0.25, -0.2) is 4.98 Å². The van der Waals surface area contributed by atoms with Crippen LogP contribution in [0.15, 0.2) is 12.5 Å². The molecule has 0 aliphatic rings. The van der Waals surface area contributed by atoms with E-state index < -0.39 is 0 Å². The maximum atomic E-state index is 8.74. The molecule has 0 aliphatic heterocycles. The minimum Gasteiger partial charge on any atom is -0.394 e. The van der Waals surface area contributed by atoms with Gasteiger partial charge < -0.3 is 9.67 Å². The lowest BCUT2D eigenvalue weighted by Gasteiger charge is -2.07. The molecule has 0 radical (unpaired) electrons. The highest BCUT2D eigenvalue weighted by Gasteiger charge is 2.02. The Hall–Kier alpha value is -1.34. The van der Waals surface area contributed by atoms with E-state index in [-0.39, 0.29) is 12.6 Å². The van der Waals surface area contributed by atoms with Crippen LogP contribution in [0.1, 0.15) is 32.5 Å². The van der Waals surface area contributed by atoms with Gasteiger partial charge in [0, 0.05) is 6.20 Å². The summed E-state index contributed by atoms with van der Waals surface area (Å²) in [6.45, 7) is 5.91. The zero-order valence-electron chi connectivity index (χ0n) is 8.23. The summed E-state index contributed by atoms with van der Waals surface area (Å²) in [6, 6.07) is 1.90.